The number of benzene rings is 4. The molecule has 0 aliphatic heterocycles. The Labute approximate surface area is 439 Å². The molecule has 11 nitrogen and oxygen atoms in total. The summed E-state index contributed by atoms with van der Waals surface area (Å²) in [5, 5.41) is 9.61. The first-order chi connectivity index (χ1) is 32.3. The van der Waals surface area contributed by atoms with Crippen LogP contribution in [0.4, 0.5) is 0 Å². The van der Waals surface area contributed by atoms with Gasteiger partial charge in [-0.25, -0.2) is 0 Å². The molecule has 0 saturated heterocycles. The van der Waals surface area contributed by atoms with Gasteiger partial charge in [-0.3, -0.25) is 9.59 Å². The van der Waals surface area contributed by atoms with Crippen LogP contribution in [0.3, 0.4) is 0 Å². The van der Waals surface area contributed by atoms with E-state index in [-0.39, 0.29) is 41.2 Å². The molecule has 0 aliphatic carbocycles. The maximum Gasteiger partial charge on any atom is 0.307 e. The normalized spacial score (nSPS) is 13.4. The lowest BCUT2D eigenvalue weighted by molar-refractivity contribution is -0.149. The van der Waals surface area contributed by atoms with Crippen LogP contribution in [0, 0.1) is 11.8 Å². The minimum atomic E-state index is -0.505. The third-order valence-corrected chi connectivity index (χ3v) is 14.1. The lowest BCUT2D eigenvalue weighted by Gasteiger charge is -2.26. The standard InChI is InChI=1S/C32H47ClN2O6.C22H28I2O3/c1-24(22-40-30(36)16-18-34(4)5)21-38-27-12-8-25(9-13-27)32(2,3)26-10-14-28(15-11-26)39-23-29(20-33)41-31(37)17-19-35(6)7;1-16(12-23)14-26-20-8-4-17(5-9-20)22(2,3)18-6-10-21(11-7-18)27-15-19(25)13-24/h8-15,24,29H,16-23H2,1-7H3;4-11,16,19,25H,12-15H2,1-3H3. The Kier molecular flexibility index (Phi) is 26.4. The van der Waals surface area contributed by atoms with Crippen LogP contribution in [-0.2, 0) is 29.9 Å². The van der Waals surface area contributed by atoms with Gasteiger partial charge in [-0.1, -0.05) is 135 Å². The smallest absolute Gasteiger partial charge is 0.307 e. The SMILES string of the molecule is CC(CI)COc1ccc(C(C)(C)c2ccc(OCC(O)CI)cc2)cc1.CC(COC(=O)CCN(C)C)COc1ccc(C(C)(C)c2ccc(OCC(CCl)OC(=O)CCN(C)C)cc2)cc1. The van der Waals surface area contributed by atoms with Crippen molar-refractivity contribution in [1.82, 2.24) is 9.80 Å². The molecule has 4 aromatic carbocycles. The number of hydrogen-bond acceptors (Lipinski definition) is 11. The van der Waals surface area contributed by atoms with E-state index in [1.54, 1.807) is 0 Å². The van der Waals surface area contributed by atoms with E-state index in [0.29, 0.717) is 61.8 Å². The Morgan fingerprint density at radius 2 is 0.897 bits per heavy atom. The van der Waals surface area contributed by atoms with Gasteiger partial charge in [0.15, 0.2) is 0 Å². The molecule has 4 unspecified atom stereocenters. The van der Waals surface area contributed by atoms with Crippen molar-refractivity contribution in [1.29, 1.82) is 0 Å². The monoisotopic (exact) mass is 1180 g/mol. The predicted molar refractivity (Wildman–Crippen MR) is 292 cm³/mol. The van der Waals surface area contributed by atoms with Gasteiger partial charge in [0, 0.05) is 38.7 Å². The summed E-state index contributed by atoms with van der Waals surface area (Å²) in [6.07, 6.45) is -0.238. The van der Waals surface area contributed by atoms with E-state index in [9.17, 15) is 14.7 Å². The fourth-order valence-corrected chi connectivity index (χ4v) is 7.15. The van der Waals surface area contributed by atoms with Crippen molar-refractivity contribution < 1.29 is 43.1 Å². The summed E-state index contributed by atoms with van der Waals surface area (Å²) in [7, 11) is 7.67. The zero-order valence-electron chi connectivity index (χ0n) is 41.8. The van der Waals surface area contributed by atoms with Gasteiger partial charge in [0.2, 0.25) is 0 Å². The first kappa shape index (κ1) is 59.0. The largest absolute Gasteiger partial charge is 0.493 e. The molecule has 0 bridgehead atoms. The van der Waals surface area contributed by atoms with Gasteiger partial charge >= 0.3 is 11.9 Å². The van der Waals surface area contributed by atoms with E-state index in [4.69, 9.17) is 40.0 Å². The molecule has 68 heavy (non-hydrogen) atoms. The molecule has 0 amide bonds. The van der Waals surface area contributed by atoms with Gasteiger partial charge in [0.1, 0.15) is 42.3 Å². The molecule has 0 fully saturated rings. The molecule has 0 heterocycles. The number of rotatable bonds is 28. The molecule has 4 atom stereocenters. The van der Waals surface area contributed by atoms with Crippen molar-refractivity contribution in [3.8, 4) is 23.0 Å². The van der Waals surface area contributed by atoms with Crippen molar-refractivity contribution >= 4 is 68.7 Å². The first-order valence-electron chi connectivity index (χ1n) is 23.2. The van der Waals surface area contributed by atoms with E-state index in [1.165, 1.54) is 11.1 Å². The van der Waals surface area contributed by atoms with Crippen LogP contribution in [0.5, 0.6) is 23.0 Å². The van der Waals surface area contributed by atoms with E-state index < -0.39 is 12.2 Å². The third-order valence-electron chi connectivity index (χ3n) is 11.2. The van der Waals surface area contributed by atoms with Gasteiger partial charge in [-0.15, -0.1) is 11.6 Å². The maximum absolute atomic E-state index is 12.0. The van der Waals surface area contributed by atoms with E-state index >= 15 is 0 Å². The Morgan fingerprint density at radius 1 is 0.544 bits per heavy atom. The highest BCUT2D eigenvalue weighted by Gasteiger charge is 2.25. The number of esters is 2. The van der Waals surface area contributed by atoms with Crippen molar-refractivity contribution in [3.63, 3.8) is 0 Å². The number of aliphatic hydroxyl groups is 1. The molecule has 0 saturated carbocycles. The van der Waals surface area contributed by atoms with E-state index in [0.717, 1.165) is 39.4 Å². The van der Waals surface area contributed by atoms with Crippen LogP contribution < -0.4 is 18.9 Å². The Morgan fingerprint density at radius 3 is 1.25 bits per heavy atom. The number of aliphatic hydroxyl groups excluding tert-OH is 1. The average Bonchev–Trinajstić information content (AvgIpc) is 3.34. The predicted octanol–water partition coefficient (Wildman–Crippen LogP) is 10.6. The van der Waals surface area contributed by atoms with Gasteiger partial charge < -0.3 is 43.3 Å². The minimum absolute atomic E-state index is 0.0880. The van der Waals surface area contributed by atoms with Crippen molar-refractivity contribution in [2.45, 2.75) is 77.4 Å². The van der Waals surface area contributed by atoms with E-state index in [2.05, 4.69) is 128 Å². The lowest BCUT2D eigenvalue weighted by Crippen LogP contribution is -2.28. The minimum Gasteiger partial charge on any atom is -0.493 e. The van der Waals surface area contributed by atoms with Gasteiger partial charge in [0.05, 0.1) is 44.6 Å². The van der Waals surface area contributed by atoms with Crippen molar-refractivity contribution in [2.24, 2.45) is 11.8 Å². The number of alkyl halides is 3. The summed E-state index contributed by atoms with van der Waals surface area (Å²) in [5.41, 5.74) is 4.38. The lowest BCUT2D eigenvalue weighted by atomic mass is 9.78. The topological polar surface area (TPSA) is 116 Å². The first-order valence-corrected chi connectivity index (χ1v) is 26.8. The van der Waals surface area contributed by atoms with Crippen LogP contribution in [0.15, 0.2) is 97.1 Å². The van der Waals surface area contributed by atoms with Crippen LogP contribution in [0.25, 0.3) is 0 Å². The summed E-state index contributed by atoms with van der Waals surface area (Å²) in [5.74, 6) is 3.50. The van der Waals surface area contributed by atoms with Crippen LogP contribution in [-0.4, -0.2) is 128 Å². The van der Waals surface area contributed by atoms with Crippen molar-refractivity contribution in [3.05, 3.63) is 119 Å². The summed E-state index contributed by atoms with van der Waals surface area (Å²) in [4.78, 5) is 27.7. The molecule has 0 spiro atoms. The Hall–Kier alpha value is -3.35. The fourth-order valence-electron chi connectivity index (χ4n) is 6.49. The molecule has 376 valence electrons. The zero-order chi connectivity index (χ0) is 50.3. The number of ether oxygens (including phenoxy) is 6. The second-order valence-corrected chi connectivity index (χ2v) is 20.9. The number of nitrogens with zero attached hydrogens (tertiary/aromatic N) is 2. The van der Waals surface area contributed by atoms with E-state index in [1.807, 2.05) is 93.4 Å². The third kappa shape index (κ3) is 21.3. The highest BCUT2D eigenvalue weighted by Crippen LogP contribution is 2.35. The maximum atomic E-state index is 12.0. The Bertz CT molecular complexity index is 1970. The molecule has 4 rings (SSSR count). The summed E-state index contributed by atoms with van der Waals surface area (Å²) < 4.78 is 35.8. The molecule has 0 radical (unpaired) electrons. The number of halogens is 3. The van der Waals surface area contributed by atoms with Gasteiger partial charge in [-0.05, 0) is 105 Å². The molecular weight excluding hydrogens is 1110 g/mol. The average molecular weight is 1190 g/mol. The number of carbonyl (C=O) groups is 2. The summed E-state index contributed by atoms with van der Waals surface area (Å²) >= 11 is 10.5. The summed E-state index contributed by atoms with van der Waals surface area (Å²) in [6.45, 7) is 16.3. The molecule has 0 aliphatic rings. The van der Waals surface area contributed by atoms with Crippen LogP contribution in [0.2, 0.25) is 0 Å². The Balaban J connectivity index is 0.000000392. The van der Waals surface area contributed by atoms with Crippen molar-refractivity contribution in [2.75, 3.05) is 89.0 Å². The molecule has 4 aromatic rings. The van der Waals surface area contributed by atoms with Crippen LogP contribution >= 0.6 is 56.8 Å². The molecule has 1 N–H and O–H groups in total. The second-order valence-electron chi connectivity index (χ2n) is 18.8. The molecular formula is C54H75ClI2N2O9. The number of hydrogen-bond donors (Lipinski definition) is 1. The molecule has 0 aromatic heterocycles. The fraction of sp³-hybridized carbons (Fsp3) is 0.519. The zero-order valence-corrected chi connectivity index (χ0v) is 46.8. The highest BCUT2D eigenvalue weighted by atomic mass is 127. The second kappa shape index (κ2) is 30.4. The molecule has 14 heteroatoms. The van der Waals surface area contributed by atoms with Crippen LogP contribution in [0.1, 0.15) is 76.6 Å². The number of carbonyl (C=O) groups excluding carboxylic acids is 2. The van der Waals surface area contributed by atoms with Gasteiger partial charge in [0.25, 0.3) is 0 Å². The highest BCUT2D eigenvalue weighted by molar-refractivity contribution is 14.1. The quantitative estimate of drug-likeness (QED) is 0.0333. The summed E-state index contributed by atoms with van der Waals surface area (Å²) in [6, 6.07) is 32.5. The van der Waals surface area contributed by atoms with Gasteiger partial charge in [-0.2, -0.15) is 0 Å².